The van der Waals surface area contributed by atoms with Gasteiger partial charge in [0.2, 0.25) is 0 Å². The zero-order valence-electron chi connectivity index (χ0n) is 27.7. The summed E-state index contributed by atoms with van der Waals surface area (Å²) < 4.78 is 6.26. The predicted octanol–water partition coefficient (Wildman–Crippen LogP) is 12.2. The number of allylic oxidation sites excluding steroid dienone is 4. The number of nitrogens with zero attached hydrogens (tertiary/aromatic N) is 3. The number of para-hydroxylation sites is 1. The van der Waals surface area contributed by atoms with Gasteiger partial charge >= 0.3 is 0 Å². The van der Waals surface area contributed by atoms with E-state index in [1.54, 1.807) is 0 Å². The fraction of sp³-hybridized carbons (Fsp3) is 0.0426. The van der Waals surface area contributed by atoms with Gasteiger partial charge < -0.3 is 4.42 Å². The predicted molar refractivity (Wildman–Crippen MR) is 209 cm³/mol. The molecule has 0 fully saturated rings. The summed E-state index contributed by atoms with van der Waals surface area (Å²) in [5, 5.41) is 7.01. The van der Waals surface area contributed by atoms with Crippen LogP contribution in [-0.4, -0.2) is 15.0 Å². The van der Waals surface area contributed by atoms with Gasteiger partial charge in [-0.05, 0) is 56.8 Å². The third-order valence-corrected chi connectivity index (χ3v) is 10.1. The van der Waals surface area contributed by atoms with E-state index in [2.05, 4.69) is 133 Å². The van der Waals surface area contributed by atoms with Crippen LogP contribution in [-0.2, 0) is 0 Å². The fourth-order valence-electron chi connectivity index (χ4n) is 7.67. The van der Waals surface area contributed by atoms with E-state index in [4.69, 9.17) is 19.4 Å². The van der Waals surface area contributed by atoms with E-state index in [0.717, 1.165) is 67.0 Å². The van der Waals surface area contributed by atoms with Crippen LogP contribution in [0.3, 0.4) is 0 Å². The molecule has 9 aromatic rings. The Labute approximate surface area is 295 Å². The van der Waals surface area contributed by atoms with Gasteiger partial charge in [0, 0.05) is 33.4 Å². The smallest absolute Gasteiger partial charge is 0.164 e. The van der Waals surface area contributed by atoms with Gasteiger partial charge in [-0.3, -0.25) is 0 Å². The summed E-state index contributed by atoms with van der Waals surface area (Å²) in [5.41, 5.74) is 8.32. The second kappa shape index (κ2) is 12.0. The molecule has 0 amide bonds. The molecule has 240 valence electrons. The van der Waals surface area contributed by atoms with E-state index >= 15 is 0 Å². The molecule has 0 saturated heterocycles. The summed E-state index contributed by atoms with van der Waals surface area (Å²) in [6.45, 7) is 0. The van der Waals surface area contributed by atoms with Crippen LogP contribution in [0.25, 0.3) is 83.0 Å². The quantitative estimate of drug-likeness (QED) is 0.185. The van der Waals surface area contributed by atoms with Gasteiger partial charge in [0.05, 0.1) is 0 Å². The molecule has 0 aliphatic heterocycles. The van der Waals surface area contributed by atoms with Crippen LogP contribution in [0.2, 0.25) is 0 Å². The molecule has 10 rings (SSSR count). The maximum atomic E-state index is 6.26. The Morgan fingerprint density at radius 2 is 1.10 bits per heavy atom. The molecule has 2 heterocycles. The van der Waals surface area contributed by atoms with Crippen molar-refractivity contribution in [3.63, 3.8) is 0 Å². The number of benzene rings is 7. The van der Waals surface area contributed by atoms with E-state index in [1.807, 2.05) is 36.4 Å². The number of aromatic nitrogens is 3. The second-order valence-electron chi connectivity index (χ2n) is 13.1. The normalized spacial score (nSPS) is 14.4. The summed E-state index contributed by atoms with van der Waals surface area (Å²) in [7, 11) is 0. The lowest BCUT2D eigenvalue weighted by atomic mass is 9.87. The summed E-state index contributed by atoms with van der Waals surface area (Å²) in [6.07, 6.45) is 7.62. The summed E-state index contributed by atoms with van der Waals surface area (Å²) in [4.78, 5) is 15.3. The maximum absolute atomic E-state index is 6.26. The Bertz CT molecular complexity index is 2840. The van der Waals surface area contributed by atoms with Crippen LogP contribution < -0.4 is 0 Å². The summed E-state index contributed by atoms with van der Waals surface area (Å²) >= 11 is 0. The molecule has 2 aromatic heterocycles. The van der Waals surface area contributed by atoms with Crippen molar-refractivity contribution >= 4 is 49.1 Å². The van der Waals surface area contributed by atoms with E-state index in [0.29, 0.717) is 17.5 Å². The van der Waals surface area contributed by atoms with Crippen molar-refractivity contribution in [3.05, 3.63) is 181 Å². The van der Waals surface area contributed by atoms with Crippen LogP contribution in [0.1, 0.15) is 23.7 Å². The van der Waals surface area contributed by atoms with Gasteiger partial charge in [0.25, 0.3) is 0 Å². The van der Waals surface area contributed by atoms with Crippen LogP contribution in [0, 0.1) is 0 Å². The average molecular weight is 654 g/mol. The highest BCUT2D eigenvalue weighted by atomic mass is 16.3. The second-order valence-corrected chi connectivity index (χ2v) is 13.1. The molecule has 1 aliphatic rings. The molecule has 4 heteroatoms. The number of fused-ring (bicyclic) bond motifs is 5. The van der Waals surface area contributed by atoms with Crippen molar-refractivity contribution < 1.29 is 4.42 Å². The molecule has 51 heavy (non-hydrogen) atoms. The largest absolute Gasteiger partial charge is 0.456 e. The Hall–Kier alpha value is -6.65. The molecule has 0 spiro atoms. The Balaban J connectivity index is 1.10. The summed E-state index contributed by atoms with van der Waals surface area (Å²) in [6, 6.07) is 52.8. The van der Waals surface area contributed by atoms with Crippen molar-refractivity contribution in [2.75, 3.05) is 0 Å². The topological polar surface area (TPSA) is 51.8 Å². The first-order chi connectivity index (χ1) is 25.3. The maximum Gasteiger partial charge on any atom is 0.164 e. The van der Waals surface area contributed by atoms with Gasteiger partial charge in [-0.2, -0.15) is 0 Å². The molecule has 4 nitrogen and oxygen atoms in total. The number of hydrogen-bond acceptors (Lipinski definition) is 4. The lowest BCUT2D eigenvalue weighted by Gasteiger charge is -2.19. The van der Waals surface area contributed by atoms with Gasteiger partial charge in [-0.15, -0.1) is 0 Å². The molecule has 0 saturated carbocycles. The van der Waals surface area contributed by atoms with Gasteiger partial charge in [-0.25, -0.2) is 15.0 Å². The van der Waals surface area contributed by atoms with Crippen LogP contribution in [0.4, 0.5) is 0 Å². The Morgan fingerprint density at radius 3 is 1.96 bits per heavy atom. The highest BCUT2D eigenvalue weighted by molar-refractivity contribution is 6.16. The third kappa shape index (κ3) is 5.03. The van der Waals surface area contributed by atoms with Gasteiger partial charge in [0.1, 0.15) is 11.2 Å². The fourth-order valence-corrected chi connectivity index (χ4v) is 7.67. The Kier molecular flexibility index (Phi) is 6.91. The van der Waals surface area contributed by atoms with Crippen LogP contribution in [0.15, 0.2) is 174 Å². The highest BCUT2D eigenvalue weighted by Gasteiger charge is 2.20. The first-order valence-corrected chi connectivity index (χ1v) is 17.4. The van der Waals surface area contributed by atoms with Crippen molar-refractivity contribution in [1.82, 2.24) is 15.0 Å². The first-order valence-electron chi connectivity index (χ1n) is 17.4. The first kappa shape index (κ1) is 29.3. The van der Waals surface area contributed by atoms with Crippen LogP contribution >= 0.6 is 0 Å². The van der Waals surface area contributed by atoms with E-state index in [9.17, 15) is 0 Å². The van der Waals surface area contributed by atoms with E-state index in [1.165, 1.54) is 16.3 Å². The molecule has 1 atom stereocenters. The van der Waals surface area contributed by atoms with Crippen molar-refractivity contribution in [2.24, 2.45) is 0 Å². The molecule has 0 N–H and O–H groups in total. The van der Waals surface area contributed by atoms with Gasteiger partial charge in [-0.1, -0.05) is 158 Å². The van der Waals surface area contributed by atoms with Gasteiger partial charge in [0.15, 0.2) is 17.5 Å². The minimum Gasteiger partial charge on any atom is -0.456 e. The van der Waals surface area contributed by atoms with Crippen molar-refractivity contribution in [1.29, 1.82) is 0 Å². The molecule has 7 aromatic carbocycles. The average Bonchev–Trinajstić information content (AvgIpc) is 3.60. The lowest BCUT2D eigenvalue weighted by Crippen LogP contribution is -2.05. The molecule has 1 unspecified atom stereocenters. The molecule has 0 bridgehead atoms. The molecular weight excluding hydrogens is 623 g/mol. The molecule has 0 radical (unpaired) electrons. The van der Waals surface area contributed by atoms with Crippen LogP contribution in [0.5, 0.6) is 0 Å². The monoisotopic (exact) mass is 653 g/mol. The third-order valence-electron chi connectivity index (χ3n) is 10.1. The molecule has 1 aliphatic carbocycles. The van der Waals surface area contributed by atoms with Crippen molar-refractivity contribution in [3.8, 4) is 33.9 Å². The summed E-state index contributed by atoms with van der Waals surface area (Å²) in [5.74, 6) is 2.26. The standard InChI is InChI=1S/C47H31N3O/c1-2-13-32(14-3-1)45-48-46(33-28-26-31(27-29-33)35-18-8-15-30-12-4-5-16-34(30)35)50-47(49-45)40-23-10-19-36-37(20-9-21-38(36)40)39-22-11-25-43-44(39)41-17-6-7-24-42(41)51-43/h1-26,28-29,31H,27H2. The van der Waals surface area contributed by atoms with Crippen molar-refractivity contribution in [2.45, 2.75) is 12.3 Å². The van der Waals surface area contributed by atoms with E-state index < -0.39 is 0 Å². The minimum absolute atomic E-state index is 0.281. The number of furan rings is 1. The lowest BCUT2D eigenvalue weighted by molar-refractivity contribution is 0.669. The number of rotatable bonds is 5. The van der Waals surface area contributed by atoms with E-state index in [-0.39, 0.29) is 5.92 Å². The molecular formula is C47H31N3O. The number of hydrogen-bond donors (Lipinski definition) is 0. The zero-order valence-corrected chi connectivity index (χ0v) is 27.7. The zero-order chi connectivity index (χ0) is 33.7. The Morgan fingerprint density at radius 1 is 0.471 bits per heavy atom. The SMILES string of the molecule is C1=CC(c2cccc3ccccc23)CC=C1c1nc(-c2ccccc2)nc(-c2cccc3c(-c4cccc5oc6ccccc6c45)cccc23)n1. The highest BCUT2D eigenvalue weighted by Crippen LogP contribution is 2.41. The minimum atomic E-state index is 0.281.